The molecule has 0 bridgehead atoms. The van der Waals surface area contributed by atoms with Gasteiger partial charge in [-0.15, -0.1) is 0 Å². The molecule has 1 aromatic rings. The number of carbonyl (C=O) groups excluding carboxylic acids is 2. The van der Waals surface area contributed by atoms with Crippen LogP contribution in [0.2, 0.25) is 0 Å². The van der Waals surface area contributed by atoms with E-state index in [-0.39, 0.29) is 17.6 Å². The van der Waals surface area contributed by atoms with Gasteiger partial charge in [-0.25, -0.2) is 0 Å². The van der Waals surface area contributed by atoms with Crippen LogP contribution >= 0.6 is 0 Å². The van der Waals surface area contributed by atoms with Crippen molar-refractivity contribution in [3.05, 3.63) is 29.8 Å². The van der Waals surface area contributed by atoms with E-state index in [1.807, 2.05) is 13.8 Å². The molecule has 0 radical (unpaired) electrons. The third-order valence-electron chi connectivity index (χ3n) is 3.31. The smallest absolute Gasteiger partial charge is 0.220 e. The molecular formula is C16H24N2O3. The number of hydrogen-bond acceptors (Lipinski definition) is 3. The fraction of sp³-hybridized carbons (Fsp3) is 0.500. The molecular weight excluding hydrogens is 268 g/mol. The maximum absolute atomic E-state index is 12.0. The molecule has 0 aliphatic heterocycles. The Hall–Kier alpha value is -2.04. The Bertz CT molecular complexity index is 481. The minimum atomic E-state index is -0.404. The Morgan fingerprint density at radius 2 is 1.71 bits per heavy atom. The highest BCUT2D eigenvalue weighted by molar-refractivity contribution is 5.78. The van der Waals surface area contributed by atoms with Gasteiger partial charge in [0.15, 0.2) is 0 Å². The molecule has 1 aromatic carbocycles. The molecule has 0 aliphatic carbocycles. The van der Waals surface area contributed by atoms with E-state index >= 15 is 0 Å². The molecule has 116 valence electrons. The second-order valence-corrected chi connectivity index (χ2v) is 5.77. The Balaban J connectivity index is 2.38. The standard InChI is InChI=1S/C16H24N2O3/c1-16(2,11-10-14(20)17-3)18-15(21)9-6-12-4-7-13(19)8-5-12/h4-5,7-8,19H,6,9-11H2,1-3H3,(H,17,20)(H,18,21). The summed E-state index contributed by atoms with van der Waals surface area (Å²) in [6.07, 6.45) is 1.99. The normalized spacial score (nSPS) is 11.0. The van der Waals surface area contributed by atoms with Crippen molar-refractivity contribution in [2.24, 2.45) is 0 Å². The van der Waals surface area contributed by atoms with E-state index in [1.54, 1.807) is 31.3 Å². The number of aromatic hydroxyl groups is 1. The topological polar surface area (TPSA) is 78.4 Å². The number of nitrogens with one attached hydrogen (secondary N) is 2. The summed E-state index contributed by atoms with van der Waals surface area (Å²) in [5.74, 6) is 0.157. The summed E-state index contributed by atoms with van der Waals surface area (Å²) >= 11 is 0. The van der Waals surface area contributed by atoms with Crippen LogP contribution in [0.5, 0.6) is 5.75 Å². The van der Waals surface area contributed by atoms with Crippen molar-refractivity contribution >= 4 is 11.8 Å². The Morgan fingerprint density at radius 3 is 2.29 bits per heavy atom. The van der Waals surface area contributed by atoms with E-state index in [2.05, 4.69) is 10.6 Å². The van der Waals surface area contributed by atoms with Crippen molar-refractivity contribution in [1.29, 1.82) is 0 Å². The average Bonchev–Trinajstić information content (AvgIpc) is 2.43. The Morgan fingerprint density at radius 1 is 1.10 bits per heavy atom. The van der Waals surface area contributed by atoms with Gasteiger partial charge >= 0.3 is 0 Å². The van der Waals surface area contributed by atoms with Gasteiger partial charge in [0.1, 0.15) is 5.75 Å². The fourth-order valence-corrected chi connectivity index (χ4v) is 1.97. The summed E-state index contributed by atoms with van der Waals surface area (Å²) in [6, 6.07) is 6.83. The van der Waals surface area contributed by atoms with Crippen LogP contribution in [-0.2, 0) is 16.0 Å². The zero-order valence-corrected chi connectivity index (χ0v) is 12.9. The van der Waals surface area contributed by atoms with Crippen LogP contribution in [0.1, 0.15) is 38.7 Å². The number of phenolic OH excluding ortho intramolecular Hbond substituents is 1. The largest absolute Gasteiger partial charge is 0.508 e. The molecule has 5 heteroatoms. The highest BCUT2D eigenvalue weighted by Gasteiger charge is 2.21. The van der Waals surface area contributed by atoms with Gasteiger partial charge in [-0.1, -0.05) is 12.1 Å². The first-order valence-electron chi connectivity index (χ1n) is 7.12. The molecule has 1 rings (SSSR count). The van der Waals surface area contributed by atoms with Crippen LogP contribution in [0, 0.1) is 0 Å². The number of aryl methyl sites for hydroxylation is 1. The lowest BCUT2D eigenvalue weighted by atomic mass is 9.97. The van der Waals surface area contributed by atoms with E-state index in [0.717, 1.165) is 5.56 Å². The molecule has 0 saturated heterocycles. The maximum atomic E-state index is 12.0. The van der Waals surface area contributed by atoms with Gasteiger partial charge in [-0.2, -0.15) is 0 Å². The third kappa shape index (κ3) is 6.79. The second kappa shape index (κ2) is 7.67. The molecule has 5 nitrogen and oxygen atoms in total. The number of carbonyl (C=O) groups is 2. The van der Waals surface area contributed by atoms with Gasteiger partial charge in [-0.3, -0.25) is 9.59 Å². The average molecular weight is 292 g/mol. The van der Waals surface area contributed by atoms with Crippen molar-refractivity contribution in [2.75, 3.05) is 7.05 Å². The monoisotopic (exact) mass is 292 g/mol. The van der Waals surface area contributed by atoms with E-state index in [0.29, 0.717) is 25.7 Å². The van der Waals surface area contributed by atoms with Gasteiger partial charge in [0.2, 0.25) is 11.8 Å². The highest BCUT2D eigenvalue weighted by atomic mass is 16.3. The summed E-state index contributed by atoms with van der Waals surface area (Å²) in [4.78, 5) is 23.2. The zero-order chi connectivity index (χ0) is 15.9. The lowest BCUT2D eigenvalue weighted by Crippen LogP contribution is -2.44. The first-order valence-corrected chi connectivity index (χ1v) is 7.12. The fourth-order valence-electron chi connectivity index (χ4n) is 1.97. The van der Waals surface area contributed by atoms with Crippen molar-refractivity contribution in [1.82, 2.24) is 10.6 Å². The molecule has 21 heavy (non-hydrogen) atoms. The van der Waals surface area contributed by atoms with Crippen LogP contribution in [0.4, 0.5) is 0 Å². The number of benzene rings is 1. The number of rotatable bonds is 7. The maximum Gasteiger partial charge on any atom is 0.220 e. The van der Waals surface area contributed by atoms with Crippen LogP contribution in [-0.4, -0.2) is 29.5 Å². The van der Waals surface area contributed by atoms with Crippen molar-refractivity contribution in [3.8, 4) is 5.75 Å². The Labute approximate surface area is 125 Å². The highest BCUT2D eigenvalue weighted by Crippen LogP contribution is 2.13. The molecule has 0 aliphatic rings. The van der Waals surface area contributed by atoms with Crippen molar-refractivity contribution < 1.29 is 14.7 Å². The molecule has 0 fully saturated rings. The van der Waals surface area contributed by atoms with Crippen LogP contribution < -0.4 is 10.6 Å². The molecule has 0 atom stereocenters. The van der Waals surface area contributed by atoms with E-state index in [1.165, 1.54) is 0 Å². The first kappa shape index (κ1) is 17.0. The molecule has 2 amide bonds. The minimum absolute atomic E-state index is 0.0265. The van der Waals surface area contributed by atoms with Crippen LogP contribution in [0.15, 0.2) is 24.3 Å². The van der Waals surface area contributed by atoms with Gasteiger partial charge < -0.3 is 15.7 Å². The molecule has 0 unspecified atom stereocenters. The number of amides is 2. The summed E-state index contributed by atoms with van der Waals surface area (Å²) in [6.45, 7) is 3.82. The van der Waals surface area contributed by atoms with Crippen LogP contribution in [0.25, 0.3) is 0 Å². The molecule has 3 N–H and O–H groups in total. The van der Waals surface area contributed by atoms with Gasteiger partial charge in [0, 0.05) is 25.4 Å². The lowest BCUT2D eigenvalue weighted by molar-refractivity contribution is -0.124. The Kier molecular flexibility index (Phi) is 6.21. The third-order valence-corrected chi connectivity index (χ3v) is 3.31. The van der Waals surface area contributed by atoms with E-state index in [4.69, 9.17) is 0 Å². The zero-order valence-electron chi connectivity index (χ0n) is 12.9. The predicted molar refractivity (Wildman–Crippen MR) is 82.0 cm³/mol. The lowest BCUT2D eigenvalue weighted by Gasteiger charge is -2.26. The second-order valence-electron chi connectivity index (χ2n) is 5.77. The predicted octanol–water partition coefficient (Wildman–Crippen LogP) is 1.75. The molecule has 0 heterocycles. The first-order chi connectivity index (χ1) is 9.82. The van der Waals surface area contributed by atoms with E-state index < -0.39 is 5.54 Å². The minimum Gasteiger partial charge on any atom is -0.508 e. The van der Waals surface area contributed by atoms with E-state index in [9.17, 15) is 14.7 Å². The van der Waals surface area contributed by atoms with Crippen molar-refractivity contribution in [2.45, 2.75) is 45.1 Å². The molecule has 0 saturated carbocycles. The quantitative estimate of drug-likeness (QED) is 0.716. The molecule has 0 spiro atoms. The summed E-state index contributed by atoms with van der Waals surface area (Å²) in [5, 5.41) is 14.7. The number of hydrogen-bond donors (Lipinski definition) is 3. The van der Waals surface area contributed by atoms with Gasteiger partial charge in [0.25, 0.3) is 0 Å². The number of phenols is 1. The SMILES string of the molecule is CNC(=O)CCC(C)(C)NC(=O)CCc1ccc(O)cc1. The van der Waals surface area contributed by atoms with Crippen molar-refractivity contribution in [3.63, 3.8) is 0 Å². The van der Waals surface area contributed by atoms with Gasteiger partial charge in [0.05, 0.1) is 0 Å². The summed E-state index contributed by atoms with van der Waals surface area (Å²) < 4.78 is 0. The molecule has 0 aromatic heterocycles. The van der Waals surface area contributed by atoms with Gasteiger partial charge in [-0.05, 0) is 44.4 Å². The summed E-state index contributed by atoms with van der Waals surface area (Å²) in [5.41, 5.74) is 0.601. The summed E-state index contributed by atoms with van der Waals surface area (Å²) in [7, 11) is 1.60. The van der Waals surface area contributed by atoms with Crippen LogP contribution in [0.3, 0.4) is 0 Å².